The Morgan fingerprint density at radius 2 is 2.07 bits per heavy atom. The molecule has 15 heavy (non-hydrogen) atoms. The van der Waals surface area contributed by atoms with E-state index in [2.05, 4.69) is 0 Å². The third-order valence-corrected chi connectivity index (χ3v) is 3.73. The Labute approximate surface area is 95.8 Å². The van der Waals surface area contributed by atoms with Crippen LogP contribution in [0, 0.1) is 5.41 Å². The highest BCUT2D eigenvalue weighted by Gasteiger charge is 2.33. The van der Waals surface area contributed by atoms with Crippen LogP contribution in [0.2, 0.25) is 0 Å². The molecule has 1 heterocycles. The molecular formula is C11H19ClFNO. The Bertz CT molecular complexity index is 227. The summed E-state index contributed by atoms with van der Waals surface area (Å²) in [5.41, 5.74) is -0.231. The minimum Gasteiger partial charge on any atom is -0.341 e. The van der Waals surface area contributed by atoms with Gasteiger partial charge in [-0.05, 0) is 24.7 Å². The number of hydrogen-bond donors (Lipinski definition) is 0. The summed E-state index contributed by atoms with van der Waals surface area (Å²) in [6.45, 7) is 4.82. The topological polar surface area (TPSA) is 20.3 Å². The van der Waals surface area contributed by atoms with E-state index in [0.29, 0.717) is 19.5 Å². The van der Waals surface area contributed by atoms with Gasteiger partial charge in [-0.1, -0.05) is 13.8 Å². The lowest BCUT2D eigenvalue weighted by Gasteiger charge is -2.38. The number of nitrogens with zero attached hydrogens (tertiary/aromatic N) is 1. The van der Waals surface area contributed by atoms with Gasteiger partial charge in [-0.2, -0.15) is 0 Å². The molecule has 0 saturated carbocycles. The minimum atomic E-state index is -0.417. The van der Waals surface area contributed by atoms with E-state index in [1.807, 2.05) is 13.8 Å². The van der Waals surface area contributed by atoms with E-state index in [9.17, 15) is 9.18 Å². The fourth-order valence-corrected chi connectivity index (χ4v) is 1.91. The number of rotatable bonds is 3. The van der Waals surface area contributed by atoms with Crippen molar-refractivity contribution < 1.29 is 9.18 Å². The predicted molar refractivity (Wildman–Crippen MR) is 59.8 cm³/mol. The Hall–Kier alpha value is -0.310. The van der Waals surface area contributed by atoms with Crippen molar-refractivity contribution in [2.24, 2.45) is 5.41 Å². The van der Waals surface area contributed by atoms with Gasteiger partial charge >= 0.3 is 0 Å². The maximum absolute atomic E-state index is 12.7. The second kappa shape index (κ2) is 5.15. The Morgan fingerprint density at radius 1 is 1.53 bits per heavy atom. The molecule has 1 unspecified atom stereocenters. The Kier molecular flexibility index (Phi) is 4.38. The molecule has 0 aromatic heterocycles. The molecule has 88 valence electrons. The predicted octanol–water partition coefficient (Wildman–Crippen LogP) is 2.60. The summed E-state index contributed by atoms with van der Waals surface area (Å²) in [5.74, 6) is 0.0000693. The van der Waals surface area contributed by atoms with Crippen molar-refractivity contribution in [1.82, 2.24) is 4.90 Å². The van der Waals surface area contributed by atoms with Crippen molar-refractivity contribution in [3.8, 4) is 0 Å². The zero-order chi connectivity index (χ0) is 11.5. The normalized spacial score (nSPS) is 22.5. The molecule has 4 heteroatoms. The fourth-order valence-electron chi connectivity index (χ4n) is 1.77. The summed E-state index contributed by atoms with van der Waals surface area (Å²) in [6, 6.07) is 0. The number of carbonyl (C=O) groups is 1. The van der Waals surface area contributed by atoms with Gasteiger partial charge < -0.3 is 4.90 Å². The zero-order valence-corrected chi connectivity index (χ0v) is 10.2. The molecule has 0 aliphatic carbocycles. The number of likely N-dealkylation sites (tertiary alicyclic amines) is 1. The summed E-state index contributed by atoms with van der Waals surface area (Å²) in [5, 5.41) is -0.417. The summed E-state index contributed by atoms with van der Waals surface area (Å²) in [4.78, 5) is 13.5. The highest BCUT2D eigenvalue weighted by atomic mass is 35.5. The molecule has 0 spiro atoms. The molecule has 0 N–H and O–H groups in total. The molecule has 0 aromatic carbocycles. The van der Waals surface area contributed by atoms with E-state index in [-0.39, 0.29) is 18.0 Å². The monoisotopic (exact) mass is 235 g/mol. The van der Waals surface area contributed by atoms with E-state index in [1.165, 1.54) is 0 Å². The van der Waals surface area contributed by atoms with Crippen molar-refractivity contribution in [3.05, 3.63) is 0 Å². The first kappa shape index (κ1) is 12.8. The molecule has 1 aliphatic heterocycles. The Balaban J connectivity index is 2.47. The van der Waals surface area contributed by atoms with E-state index >= 15 is 0 Å². The maximum Gasteiger partial charge on any atom is 0.240 e. The molecule has 0 bridgehead atoms. The van der Waals surface area contributed by atoms with Gasteiger partial charge in [-0.25, -0.2) is 0 Å². The number of hydrogen-bond acceptors (Lipinski definition) is 1. The van der Waals surface area contributed by atoms with Crippen molar-refractivity contribution in [1.29, 1.82) is 0 Å². The molecule has 2 nitrogen and oxygen atoms in total. The van der Waals surface area contributed by atoms with Crippen molar-refractivity contribution in [2.75, 3.05) is 19.8 Å². The van der Waals surface area contributed by atoms with E-state index in [4.69, 9.17) is 11.6 Å². The first-order valence-corrected chi connectivity index (χ1v) is 5.95. The van der Waals surface area contributed by atoms with Crippen LogP contribution in [0.1, 0.15) is 33.1 Å². The van der Waals surface area contributed by atoms with Crippen LogP contribution in [-0.4, -0.2) is 35.9 Å². The van der Waals surface area contributed by atoms with Crippen LogP contribution in [0.15, 0.2) is 0 Å². The number of alkyl halides is 2. The van der Waals surface area contributed by atoms with Crippen molar-refractivity contribution in [3.63, 3.8) is 0 Å². The second-order valence-corrected chi connectivity index (χ2v) is 5.17. The summed E-state index contributed by atoms with van der Waals surface area (Å²) < 4.78 is 12.7. The number of amides is 1. The molecule has 1 amide bonds. The third kappa shape index (κ3) is 3.07. The van der Waals surface area contributed by atoms with Gasteiger partial charge in [0.25, 0.3) is 0 Å². The van der Waals surface area contributed by atoms with E-state index in [1.54, 1.807) is 4.90 Å². The second-order valence-electron chi connectivity index (χ2n) is 4.65. The highest BCUT2D eigenvalue weighted by Crippen LogP contribution is 2.31. The van der Waals surface area contributed by atoms with Gasteiger partial charge in [0.1, 0.15) is 5.38 Å². The first-order valence-electron chi connectivity index (χ1n) is 5.51. The summed E-state index contributed by atoms with van der Waals surface area (Å²) >= 11 is 5.89. The van der Waals surface area contributed by atoms with Crippen molar-refractivity contribution in [2.45, 2.75) is 38.5 Å². The molecule has 1 rings (SSSR count). The fraction of sp³-hybridized carbons (Fsp3) is 0.909. The van der Waals surface area contributed by atoms with Gasteiger partial charge in [0.2, 0.25) is 5.91 Å². The van der Waals surface area contributed by atoms with Crippen LogP contribution in [0.4, 0.5) is 4.39 Å². The van der Waals surface area contributed by atoms with Crippen LogP contribution in [0.25, 0.3) is 0 Å². The van der Waals surface area contributed by atoms with E-state index < -0.39 is 5.38 Å². The average Bonchev–Trinajstić information content (AvgIpc) is 2.28. The largest absolute Gasteiger partial charge is 0.341 e. The highest BCUT2D eigenvalue weighted by molar-refractivity contribution is 6.30. The average molecular weight is 236 g/mol. The Morgan fingerprint density at radius 3 is 2.47 bits per heavy atom. The molecule has 1 aliphatic rings. The maximum atomic E-state index is 12.7. The van der Waals surface area contributed by atoms with Gasteiger partial charge in [-0.3, -0.25) is 9.18 Å². The number of carbonyl (C=O) groups excluding carboxylic acids is 1. The molecular weight excluding hydrogens is 217 g/mol. The van der Waals surface area contributed by atoms with Crippen molar-refractivity contribution >= 4 is 17.5 Å². The van der Waals surface area contributed by atoms with Crippen LogP contribution >= 0.6 is 11.6 Å². The van der Waals surface area contributed by atoms with Crippen LogP contribution in [-0.2, 0) is 4.79 Å². The van der Waals surface area contributed by atoms with Gasteiger partial charge in [0, 0.05) is 13.1 Å². The molecule has 0 radical (unpaired) electrons. The molecule has 1 atom stereocenters. The molecule has 1 saturated heterocycles. The number of halogens is 2. The molecule has 1 fully saturated rings. The quantitative estimate of drug-likeness (QED) is 0.689. The van der Waals surface area contributed by atoms with Crippen LogP contribution in [0.3, 0.4) is 0 Å². The first-order chi connectivity index (χ1) is 7.02. The summed E-state index contributed by atoms with van der Waals surface area (Å²) in [7, 11) is 0. The lowest BCUT2D eigenvalue weighted by molar-refractivity contribution is -0.133. The lowest BCUT2D eigenvalue weighted by atomic mass is 9.82. The molecule has 0 aromatic rings. The standard InChI is InChI=1S/C11H19ClFNO/c1-3-9(12)10(15)14-6-4-11(2,8-13)5-7-14/h9H,3-8H2,1-2H3. The van der Waals surface area contributed by atoms with Crippen LogP contribution < -0.4 is 0 Å². The van der Waals surface area contributed by atoms with E-state index in [0.717, 1.165) is 12.8 Å². The lowest BCUT2D eigenvalue weighted by Crippen LogP contribution is -2.45. The summed E-state index contributed by atoms with van der Waals surface area (Å²) in [6.07, 6.45) is 2.13. The van der Waals surface area contributed by atoms with Crippen LogP contribution in [0.5, 0.6) is 0 Å². The van der Waals surface area contributed by atoms with Gasteiger partial charge in [0.15, 0.2) is 0 Å². The minimum absolute atomic E-state index is 0.0000693. The van der Waals surface area contributed by atoms with Gasteiger partial charge in [0.05, 0.1) is 6.67 Å². The SMILES string of the molecule is CCC(Cl)C(=O)N1CCC(C)(CF)CC1. The third-order valence-electron chi connectivity index (χ3n) is 3.23. The smallest absolute Gasteiger partial charge is 0.240 e. The van der Waals surface area contributed by atoms with Gasteiger partial charge in [-0.15, -0.1) is 11.6 Å². The number of piperidine rings is 1. The zero-order valence-electron chi connectivity index (χ0n) is 9.43.